The lowest BCUT2D eigenvalue weighted by molar-refractivity contribution is -0.117. The quantitative estimate of drug-likeness (QED) is 0.302. The van der Waals surface area contributed by atoms with Gasteiger partial charge in [-0.2, -0.15) is 4.68 Å². The van der Waals surface area contributed by atoms with Gasteiger partial charge < -0.3 is 15.5 Å². The summed E-state index contributed by atoms with van der Waals surface area (Å²) in [5.74, 6) is -0.303. The third-order valence-corrected chi connectivity index (χ3v) is 6.00. The van der Waals surface area contributed by atoms with Gasteiger partial charge in [-0.15, -0.1) is 5.10 Å². The summed E-state index contributed by atoms with van der Waals surface area (Å²) in [6.45, 7) is 0.489. The normalized spacial score (nSPS) is 11.8. The van der Waals surface area contributed by atoms with Crippen LogP contribution in [0.25, 0.3) is 11.8 Å². The maximum Gasteiger partial charge on any atom is 0.253 e. The highest BCUT2D eigenvalue weighted by molar-refractivity contribution is 6.30. The maximum absolute atomic E-state index is 12.9. The molecule has 1 unspecified atom stereocenters. The first-order chi connectivity index (χ1) is 18.4. The molecule has 1 heterocycles. The number of amides is 2. The number of nitrogens with one attached hydrogen (secondary N) is 2. The molecule has 3 aromatic carbocycles. The van der Waals surface area contributed by atoms with Crippen LogP contribution in [0, 0.1) is 0 Å². The van der Waals surface area contributed by atoms with Crippen LogP contribution in [0.3, 0.4) is 0 Å². The van der Waals surface area contributed by atoms with E-state index in [1.54, 1.807) is 50.5 Å². The van der Waals surface area contributed by atoms with Gasteiger partial charge in [-0.1, -0.05) is 41.9 Å². The molecule has 38 heavy (non-hydrogen) atoms. The standard InChI is InChI=1S/C28H28ClN7O2/c1-35(2)28(38)21-8-12-24(13-9-21)30-18-25(16-20-6-4-3-5-7-20)32-27(37)15-10-22-17-23(29)11-14-26(22)36-19-31-33-34-36/h3-15,17,19,25,30H,16,18H2,1-2H3,(H,32,37)/b15-10+. The molecule has 4 rings (SSSR count). The largest absolute Gasteiger partial charge is 0.383 e. The topological polar surface area (TPSA) is 105 Å². The summed E-state index contributed by atoms with van der Waals surface area (Å²) in [7, 11) is 3.44. The highest BCUT2D eigenvalue weighted by Crippen LogP contribution is 2.20. The van der Waals surface area contributed by atoms with Crippen LogP contribution >= 0.6 is 11.6 Å². The molecule has 0 radical (unpaired) electrons. The number of aromatic nitrogens is 4. The molecule has 1 atom stereocenters. The van der Waals surface area contributed by atoms with Gasteiger partial charge in [0.2, 0.25) is 5.91 Å². The molecular formula is C28H28ClN7O2. The van der Waals surface area contributed by atoms with Crippen molar-refractivity contribution in [3.05, 3.63) is 107 Å². The molecule has 0 aliphatic carbocycles. The van der Waals surface area contributed by atoms with Crippen LogP contribution in [0.15, 0.2) is 85.2 Å². The average molecular weight is 530 g/mol. The van der Waals surface area contributed by atoms with Gasteiger partial charge in [-0.25, -0.2) is 0 Å². The van der Waals surface area contributed by atoms with Crippen LogP contribution in [-0.2, 0) is 11.2 Å². The Balaban J connectivity index is 1.45. The Morgan fingerprint density at radius 2 is 1.82 bits per heavy atom. The lowest BCUT2D eigenvalue weighted by atomic mass is 10.1. The molecule has 0 saturated carbocycles. The Kier molecular flexibility index (Phi) is 8.84. The van der Waals surface area contributed by atoms with E-state index in [-0.39, 0.29) is 17.9 Å². The van der Waals surface area contributed by atoms with Gasteiger partial charge in [0.25, 0.3) is 5.91 Å². The van der Waals surface area contributed by atoms with Crippen molar-refractivity contribution in [2.24, 2.45) is 0 Å². The van der Waals surface area contributed by atoms with Crippen LogP contribution < -0.4 is 10.6 Å². The van der Waals surface area contributed by atoms with E-state index in [0.29, 0.717) is 34.8 Å². The summed E-state index contributed by atoms with van der Waals surface area (Å²) in [6.07, 6.45) is 5.27. The van der Waals surface area contributed by atoms with Crippen molar-refractivity contribution >= 4 is 35.2 Å². The molecule has 2 amide bonds. The van der Waals surface area contributed by atoms with Gasteiger partial charge in [0.05, 0.1) is 11.7 Å². The number of carbonyl (C=O) groups excluding carboxylic acids is 2. The maximum atomic E-state index is 12.9. The highest BCUT2D eigenvalue weighted by atomic mass is 35.5. The van der Waals surface area contributed by atoms with Gasteiger partial charge in [0.15, 0.2) is 0 Å². The lowest BCUT2D eigenvalue weighted by Crippen LogP contribution is -2.40. The zero-order valence-corrected chi connectivity index (χ0v) is 21.8. The molecule has 0 aliphatic heterocycles. The van der Waals surface area contributed by atoms with Crippen molar-refractivity contribution in [3.8, 4) is 5.69 Å². The SMILES string of the molecule is CN(C)C(=O)c1ccc(NCC(Cc2ccccc2)NC(=O)/C=C/c2cc(Cl)ccc2-n2cnnn2)cc1. The van der Waals surface area contributed by atoms with Gasteiger partial charge >= 0.3 is 0 Å². The molecule has 0 aliphatic rings. The molecule has 2 N–H and O–H groups in total. The minimum absolute atomic E-state index is 0.0551. The van der Waals surface area contributed by atoms with Crippen LogP contribution in [0.5, 0.6) is 0 Å². The summed E-state index contributed by atoms with van der Waals surface area (Å²) in [6, 6.07) is 22.3. The van der Waals surface area contributed by atoms with E-state index in [1.165, 1.54) is 22.0 Å². The van der Waals surface area contributed by atoms with Crippen LogP contribution in [0.2, 0.25) is 5.02 Å². The number of anilines is 1. The Hall–Kier alpha value is -4.50. The molecule has 10 heteroatoms. The van der Waals surface area contributed by atoms with Gasteiger partial charge in [0.1, 0.15) is 6.33 Å². The summed E-state index contributed by atoms with van der Waals surface area (Å²) in [4.78, 5) is 26.6. The minimum Gasteiger partial charge on any atom is -0.383 e. The average Bonchev–Trinajstić information content (AvgIpc) is 3.46. The molecule has 9 nitrogen and oxygen atoms in total. The van der Waals surface area contributed by atoms with Crippen LogP contribution in [0.4, 0.5) is 5.69 Å². The van der Waals surface area contributed by atoms with Gasteiger partial charge in [0, 0.05) is 48.6 Å². The molecule has 1 aromatic heterocycles. The molecule has 4 aromatic rings. The second-order valence-corrected chi connectivity index (χ2v) is 9.28. The van der Waals surface area contributed by atoms with Crippen molar-refractivity contribution in [2.75, 3.05) is 26.0 Å². The van der Waals surface area contributed by atoms with E-state index in [4.69, 9.17) is 11.6 Å². The van der Waals surface area contributed by atoms with Crippen LogP contribution in [0.1, 0.15) is 21.5 Å². The summed E-state index contributed by atoms with van der Waals surface area (Å²) < 4.78 is 1.51. The fourth-order valence-corrected chi connectivity index (χ4v) is 4.04. The third-order valence-electron chi connectivity index (χ3n) is 5.76. The first-order valence-corrected chi connectivity index (χ1v) is 12.4. The van der Waals surface area contributed by atoms with E-state index in [9.17, 15) is 9.59 Å². The van der Waals surface area contributed by atoms with Crippen molar-refractivity contribution in [2.45, 2.75) is 12.5 Å². The molecular weight excluding hydrogens is 502 g/mol. The predicted octanol–water partition coefficient (Wildman–Crippen LogP) is 3.87. The van der Waals surface area contributed by atoms with E-state index in [2.05, 4.69) is 26.2 Å². The number of halogens is 1. The Morgan fingerprint density at radius 1 is 1.05 bits per heavy atom. The molecule has 194 valence electrons. The second-order valence-electron chi connectivity index (χ2n) is 8.84. The second kappa shape index (κ2) is 12.6. The van der Waals surface area contributed by atoms with Gasteiger partial charge in [-0.3, -0.25) is 9.59 Å². The molecule has 0 saturated heterocycles. The lowest BCUT2D eigenvalue weighted by Gasteiger charge is -2.20. The number of rotatable bonds is 10. The van der Waals surface area contributed by atoms with Gasteiger partial charge in [-0.05, 0) is 71.0 Å². The van der Waals surface area contributed by atoms with Crippen LogP contribution in [-0.4, -0.2) is 63.6 Å². The number of benzene rings is 3. The number of carbonyl (C=O) groups is 2. The first kappa shape index (κ1) is 26.6. The number of nitrogens with zero attached hydrogens (tertiary/aromatic N) is 5. The van der Waals surface area contributed by atoms with Crippen molar-refractivity contribution in [1.82, 2.24) is 30.4 Å². The van der Waals surface area contributed by atoms with E-state index < -0.39 is 0 Å². The van der Waals surface area contributed by atoms with E-state index in [1.807, 2.05) is 42.5 Å². The Labute approximate surface area is 226 Å². The number of hydrogen-bond donors (Lipinski definition) is 2. The molecule has 0 spiro atoms. The van der Waals surface area contributed by atoms with Crippen molar-refractivity contribution in [3.63, 3.8) is 0 Å². The molecule has 0 fully saturated rings. The minimum atomic E-state index is -0.248. The highest BCUT2D eigenvalue weighted by Gasteiger charge is 2.13. The fraction of sp³-hybridized carbons (Fsp3) is 0.179. The predicted molar refractivity (Wildman–Crippen MR) is 148 cm³/mol. The number of tetrazole rings is 1. The first-order valence-electron chi connectivity index (χ1n) is 12.0. The summed E-state index contributed by atoms with van der Waals surface area (Å²) in [5, 5.41) is 18.3. The Morgan fingerprint density at radius 3 is 2.50 bits per heavy atom. The monoisotopic (exact) mass is 529 g/mol. The number of hydrogen-bond acceptors (Lipinski definition) is 6. The van der Waals surface area contributed by atoms with E-state index >= 15 is 0 Å². The smallest absolute Gasteiger partial charge is 0.253 e. The van der Waals surface area contributed by atoms with E-state index in [0.717, 1.165) is 11.3 Å². The van der Waals surface area contributed by atoms with Crippen molar-refractivity contribution in [1.29, 1.82) is 0 Å². The summed E-state index contributed by atoms with van der Waals surface area (Å²) >= 11 is 6.19. The zero-order valence-electron chi connectivity index (χ0n) is 21.1. The van der Waals surface area contributed by atoms with Crippen molar-refractivity contribution < 1.29 is 9.59 Å². The summed E-state index contributed by atoms with van der Waals surface area (Å²) in [5.41, 5.74) is 3.97. The fourth-order valence-electron chi connectivity index (χ4n) is 3.86. The third kappa shape index (κ3) is 7.27. The Bertz CT molecular complexity index is 1390. The molecule has 0 bridgehead atoms. The zero-order chi connectivity index (χ0) is 26.9.